The fraction of sp³-hybridized carbons (Fsp3) is 0.258. The van der Waals surface area contributed by atoms with Crippen molar-refractivity contribution in [3.8, 4) is 11.1 Å². The molecule has 1 aliphatic rings. The number of carboxylic acids is 1. The molecule has 1 aliphatic heterocycles. The molecule has 39 heavy (non-hydrogen) atoms. The zero-order chi connectivity index (χ0) is 27.6. The second-order valence-electron chi connectivity index (χ2n) is 9.42. The van der Waals surface area contributed by atoms with Gasteiger partial charge in [0.2, 0.25) is 0 Å². The molecule has 0 unspecified atom stereocenters. The van der Waals surface area contributed by atoms with Gasteiger partial charge in [-0.2, -0.15) is 11.8 Å². The molecule has 3 aromatic carbocycles. The number of hydrogen-bond acceptors (Lipinski definition) is 6. The standard InChI is InChI=1S/C31H34N4O3S/c1-22-9-6-7-13-25(22)29-24(12-8-14-26(29)30(36)34-27(31(37)38)15-18-39-2)19-33-28-21-35(17-16-32-28)20-23-10-4-3-5-11-23/h3-14,16-17,27H,15,18-21H2,1-2H3,(H,32,33)(H,34,36)(H,37,38)/t27-/m0/s1. The van der Waals surface area contributed by atoms with E-state index < -0.39 is 17.9 Å². The molecule has 202 valence electrons. The number of carbonyl (C=O) groups excluding carboxylic acids is 1. The maximum absolute atomic E-state index is 13.5. The lowest BCUT2D eigenvalue weighted by atomic mass is 9.91. The van der Waals surface area contributed by atoms with Crippen LogP contribution in [0.2, 0.25) is 0 Å². The van der Waals surface area contributed by atoms with Crippen molar-refractivity contribution in [2.24, 2.45) is 4.99 Å². The highest BCUT2D eigenvalue weighted by atomic mass is 32.2. The van der Waals surface area contributed by atoms with Crippen LogP contribution < -0.4 is 10.6 Å². The Bertz CT molecular complexity index is 1360. The lowest BCUT2D eigenvalue weighted by molar-refractivity contribution is -0.139. The average Bonchev–Trinajstić information content (AvgIpc) is 2.95. The molecule has 0 saturated carbocycles. The predicted octanol–water partition coefficient (Wildman–Crippen LogP) is 5.07. The molecular weight excluding hydrogens is 508 g/mol. The molecule has 3 aromatic rings. The Balaban J connectivity index is 1.57. The first kappa shape index (κ1) is 28.0. The van der Waals surface area contributed by atoms with Crippen molar-refractivity contribution in [2.75, 3.05) is 18.6 Å². The summed E-state index contributed by atoms with van der Waals surface area (Å²) >= 11 is 1.55. The molecule has 0 aromatic heterocycles. The number of aliphatic carboxylic acids is 1. The molecule has 0 bridgehead atoms. The molecule has 0 fully saturated rings. The maximum atomic E-state index is 13.5. The second-order valence-corrected chi connectivity index (χ2v) is 10.4. The number of thioether (sulfide) groups is 1. The summed E-state index contributed by atoms with van der Waals surface area (Å²) in [4.78, 5) is 32.0. The van der Waals surface area contributed by atoms with Gasteiger partial charge in [0.15, 0.2) is 0 Å². The number of amides is 1. The maximum Gasteiger partial charge on any atom is 0.326 e. The van der Waals surface area contributed by atoms with Gasteiger partial charge >= 0.3 is 5.97 Å². The number of benzene rings is 3. The number of aryl methyl sites for hydroxylation is 1. The first-order valence-electron chi connectivity index (χ1n) is 12.9. The van der Waals surface area contributed by atoms with Gasteiger partial charge in [0.05, 0.1) is 6.54 Å². The molecule has 0 aliphatic carbocycles. The highest BCUT2D eigenvalue weighted by Crippen LogP contribution is 2.31. The first-order chi connectivity index (χ1) is 19.0. The molecule has 0 saturated heterocycles. The van der Waals surface area contributed by atoms with Crippen LogP contribution in [0.15, 0.2) is 90.2 Å². The van der Waals surface area contributed by atoms with Gasteiger partial charge in [-0.25, -0.2) is 9.79 Å². The van der Waals surface area contributed by atoms with Crippen molar-refractivity contribution >= 4 is 29.5 Å². The molecule has 0 radical (unpaired) electrons. The van der Waals surface area contributed by atoms with Crippen LogP contribution in [0.3, 0.4) is 0 Å². The molecular formula is C31H34N4O3S. The van der Waals surface area contributed by atoms with Crippen LogP contribution >= 0.6 is 11.8 Å². The van der Waals surface area contributed by atoms with Gasteiger partial charge < -0.3 is 20.6 Å². The molecule has 1 heterocycles. The van der Waals surface area contributed by atoms with E-state index in [2.05, 4.69) is 32.7 Å². The van der Waals surface area contributed by atoms with Crippen molar-refractivity contribution in [1.82, 2.24) is 15.5 Å². The zero-order valence-electron chi connectivity index (χ0n) is 22.3. The Morgan fingerprint density at radius 3 is 2.56 bits per heavy atom. The van der Waals surface area contributed by atoms with Crippen LogP contribution in [-0.2, 0) is 17.9 Å². The van der Waals surface area contributed by atoms with E-state index in [9.17, 15) is 14.7 Å². The largest absolute Gasteiger partial charge is 0.480 e. The molecule has 0 spiro atoms. The SMILES string of the molecule is CSCC[C@H](NC(=O)c1cccc(CNC2=NC=CN(Cc3ccccc3)C2)c1-c1ccccc1C)C(=O)O. The van der Waals surface area contributed by atoms with Crippen LogP contribution in [0.5, 0.6) is 0 Å². The number of carbonyl (C=O) groups is 2. The van der Waals surface area contributed by atoms with Gasteiger partial charge in [0.1, 0.15) is 11.9 Å². The average molecular weight is 543 g/mol. The van der Waals surface area contributed by atoms with E-state index in [1.165, 1.54) is 5.56 Å². The summed E-state index contributed by atoms with van der Waals surface area (Å²) in [6, 6.07) is 22.9. The molecule has 3 N–H and O–H groups in total. The smallest absolute Gasteiger partial charge is 0.326 e. The lowest BCUT2D eigenvalue weighted by Crippen LogP contribution is -2.41. The monoisotopic (exact) mass is 542 g/mol. The lowest BCUT2D eigenvalue weighted by Gasteiger charge is -2.25. The molecule has 8 heteroatoms. The fourth-order valence-electron chi connectivity index (χ4n) is 4.57. The van der Waals surface area contributed by atoms with E-state index in [1.54, 1.807) is 24.0 Å². The van der Waals surface area contributed by atoms with Crippen LogP contribution in [0.25, 0.3) is 11.1 Å². The van der Waals surface area contributed by atoms with Crippen molar-refractivity contribution < 1.29 is 14.7 Å². The van der Waals surface area contributed by atoms with Gasteiger partial charge in [-0.15, -0.1) is 0 Å². The van der Waals surface area contributed by atoms with Gasteiger partial charge in [-0.3, -0.25) is 4.79 Å². The number of hydrogen-bond donors (Lipinski definition) is 3. The van der Waals surface area contributed by atoms with Crippen LogP contribution in [0, 0.1) is 6.92 Å². The van der Waals surface area contributed by atoms with E-state index >= 15 is 0 Å². The van der Waals surface area contributed by atoms with E-state index in [-0.39, 0.29) is 0 Å². The number of amidine groups is 1. The summed E-state index contributed by atoms with van der Waals surface area (Å²) < 4.78 is 0. The minimum absolute atomic E-state index is 0.357. The summed E-state index contributed by atoms with van der Waals surface area (Å²) in [5.74, 6) is 0.0534. The summed E-state index contributed by atoms with van der Waals surface area (Å²) in [6.07, 6.45) is 6.05. The number of nitrogens with zero attached hydrogens (tertiary/aromatic N) is 2. The fourth-order valence-corrected chi connectivity index (χ4v) is 5.04. The number of aliphatic imine (C=N–C) groups is 1. The predicted molar refractivity (Wildman–Crippen MR) is 159 cm³/mol. The first-order valence-corrected chi connectivity index (χ1v) is 14.3. The van der Waals surface area contributed by atoms with E-state index in [0.717, 1.165) is 34.6 Å². The summed E-state index contributed by atoms with van der Waals surface area (Å²) in [5, 5.41) is 15.9. The van der Waals surface area contributed by atoms with E-state index in [4.69, 9.17) is 0 Å². The van der Waals surface area contributed by atoms with Crippen molar-refractivity contribution in [3.05, 3.63) is 107 Å². The van der Waals surface area contributed by atoms with Crippen molar-refractivity contribution in [3.63, 3.8) is 0 Å². The van der Waals surface area contributed by atoms with Crippen molar-refractivity contribution in [2.45, 2.75) is 32.5 Å². The van der Waals surface area contributed by atoms with Gasteiger partial charge in [0.25, 0.3) is 5.91 Å². The number of rotatable bonds is 11. The third-order valence-corrected chi connectivity index (χ3v) is 7.24. The normalized spacial score (nSPS) is 13.5. The highest BCUT2D eigenvalue weighted by Gasteiger charge is 2.24. The Morgan fingerprint density at radius 2 is 1.82 bits per heavy atom. The van der Waals surface area contributed by atoms with Gasteiger partial charge in [-0.05, 0) is 59.2 Å². The molecule has 1 amide bonds. The Hall–Kier alpha value is -4.04. The Kier molecular flexibility index (Phi) is 9.80. The molecule has 7 nitrogen and oxygen atoms in total. The van der Waals surface area contributed by atoms with E-state index in [0.29, 0.717) is 30.8 Å². The minimum Gasteiger partial charge on any atom is -0.480 e. The van der Waals surface area contributed by atoms with Crippen molar-refractivity contribution in [1.29, 1.82) is 0 Å². The Labute approximate surface area is 234 Å². The molecule has 4 rings (SSSR count). The highest BCUT2D eigenvalue weighted by molar-refractivity contribution is 7.98. The third-order valence-electron chi connectivity index (χ3n) is 6.60. The Morgan fingerprint density at radius 1 is 1.05 bits per heavy atom. The zero-order valence-corrected chi connectivity index (χ0v) is 23.1. The number of nitrogens with one attached hydrogen (secondary N) is 2. The summed E-state index contributed by atoms with van der Waals surface area (Å²) in [5.41, 5.74) is 5.37. The van der Waals surface area contributed by atoms with Gasteiger partial charge in [0, 0.05) is 31.1 Å². The second kappa shape index (κ2) is 13.7. The van der Waals surface area contributed by atoms with Crippen LogP contribution in [0.1, 0.15) is 33.5 Å². The quantitative estimate of drug-likeness (QED) is 0.313. The van der Waals surface area contributed by atoms with Crippen LogP contribution in [-0.4, -0.2) is 52.3 Å². The number of carboxylic acid groups (broad SMARTS) is 1. The van der Waals surface area contributed by atoms with Crippen LogP contribution in [0.4, 0.5) is 0 Å². The van der Waals surface area contributed by atoms with Gasteiger partial charge in [-0.1, -0.05) is 66.7 Å². The third kappa shape index (κ3) is 7.51. The topological polar surface area (TPSA) is 94.0 Å². The molecule has 1 atom stereocenters. The summed E-state index contributed by atoms with van der Waals surface area (Å²) in [6.45, 7) is 3.90. The summed E-state index contributed by atoms with van der Waals surface area (Å²) in [7, 11) is 0. The van der Waals surface area contributed by atoms with E-state index in [1.807, 2.05) is 74.0 Å². The minimum atomic E-state index is -1.03.